The van der Waals surface area contributed by atoms with Gasteiger partial charge in [-0.2, -0.15) is 0 Å². The van der Waals surface area contributed by atoms with E-state index in [2.05, 4.69) is 25.5 Å². The number of amides is 2. The Morgan fingerprint density at radius 2 is 1.94 bits per heavy atom. The highest BCUT2D eigenvalue weighted by molar-refractivity contribution is 5.87. The first-order valence-electron chi connectivity index (χ1n) is 10.6. The second-order valence-corrected chi connectivity index (χ2v) is 8.08. The van der Waals surface area contributed by atoms with Crippen LogP contribution >= 0.6 is 0 Å². The summed E-state index contributed by atoms with van der Waals surface area (Å²) in [6, 6.07) is 0. The standard InChI is InChI=1S/C16H31N3O2.C7H9N3O/c1-14(17)8-6-9-16(2,10-13-21-5)15(20)18-11-7-12-19(3)4;1-5-3-9-7(4-8-5)10-6(2)11/h8,10,13H,6-7,9,11-12,17H2,1-5H3,(H,18,20);3-4H,1-2H3,(H,9,10,11)/b13-10+,14-8+;. The average molecular weight is 449 g/mol. The van der Waals surface area contributed by atoms with E-state index < -0.39 is 5.41 Å². The molecule has 1 atom stereocenters. The summed E-state index contributed by atoms with van der Waals surface area (Å²) in [4.78, 5) is 32.9. The van der Waals surface area contributed by atoms with Crippen LogP contribution in [0.2, 0.25) is 0 Å². The molecule has 9 heteroatoms. The summed E-state index contributed by atoms with van der Waals surface area (Å²) < 4.78 is 4.96. The molecule has 0 saturated carbocycles. The lowest BCUT2D eigenvalue weighted by Crippen LogP contribution is -2.38. The van der Waals surface area contributed by atoms with E-state index in [1.807, 2.05) is 47.0 Å². The number of methoxy groups -OCH3 is 1. The molecule has 9 nitrogen and oxygen atoms in total. The van der Waals surface area contributed by atoms with Crippen LogP contribution in [0, 0.1) is 12.3 Å². The van der Waals surface area contributed by atoms with Gasteiger partial charge in [0.05, 0.1) is 36.9 Å². The van der Waals surface area contributed by atoms with Crippen molar-refractivity contribution in [2.75, 3.05) is 39.6 Å². The molecule has 0 aliphatic carbocycles. The molecule has 4 N–H and O–H groups in total. The molecule has 1 rings (SSSR count). The average Bonchev–Trinajstić information content (AvgIpc) is 2.71. The molecule has 32 heavy (non-hydrogen) atoms. The summed E-state index contributed by atoms with van der Waals surface area (Å²) in [6.45, 7) is 8.68. The third-order valence-electron chi connectivity index (χ3n) is 4.37. The van der Waals surface area contributed by atoms with Crippen molar-refractivity contribution in [3.05, 3.63) is 42.2 Å². The summed E-state index contributed by atoms with van der Waals surface area (Å²) >= 11 is 0. The molecule has 1 unspecified atom stereocenters. The Balaban J connectivity index is 0.000000726. The number of allylic oxidation sites excluding steroid dienone is 2. The highest BCUT2D eigenvalue weighted by Gasteiger charge is 2.29. The van der Waals surface area contributed by atoms with Crippen LogP contribution in [0.4, 0.5) is 5.82 Å². The van der Waals surface area contributed by atoms with Crippen molar-refractivity contribution in [3.63, 3.8) is 0 Å². The topological polar surface area (TPSA) is 122 Å². The number of aromatic nitrogens is 2. The molecule has 0 spiro atoms. The van der Waals surface area contributed by atoms with E-state index in [0.717, 1.165) is 30.8 Å². The maximum Gasteiger partial charge on any atom is 0.229 e. The monoisotopic (exact) mass is 448 g/mol. The Morgan fingerprint density at radius 1 is 1.25 bits per heavy atom. The van der Waals surface area contributed by atoms with E-state index >= 15 is 0 Å². The second kappa shape index (κ2) is 15.8. The zero-order valence-electron chi connectivity index (χ0n) is 20.6. The number of aryl methyl sites for hydroxylation is 1. The van der Waals surface area contributed by atoms with Crippen LogP contribution in [0.15, 0.2) is 36.5 Å². The van der Waals surface area contributed by atoms with Crippen molar-refractivity contribution in [3.8, 4) is 0 Å². The third-order valence-corrected chi connectivity index (χ3v) is 4.37. The molecule has 0 aliphatic rings. The summed E-state index contributed by atoms with van der Waals surface area (Å²) in [7, 11) is 5.62. The first-order chi connectivity index (χ1) is 15.0. The van der Waals surface area contributed by atoms with E-state index in [9.17, 15) is 9.59 Å². The number of carbonyl (C=O) groups is 2. The lowest BCUT2D eigenvalue weighted by atomic mass is 9.84. The molecule has 0 aromatic carbocycles. The minimum Gasteiger partial charge on any atom is -0.505 e. The minimum atomic E-state index is -0.583. The number of rotatable bonds is 11. The quantitative estimate of drug-likeness (QED) is 0.351. The van der Waals surface area contributed by atoms with Crippen LogP contribution in [0.25, 0.3) is 0 Å². The van der Waals surface area contributed by atoms with Gasteiger partial charge in [0, 0.05) is 19.2 Å². The number of hydrogen-bond acceptors (Lipinski definition) is 7. The van der Waals surface area contributed by atoms with Gasteiger partial charge in [0.2, 0.25) is 11.8 Å². The number of nitrogens with one attached hydrogen (secondary N) is 2. The van der Waals surface area contributed by atoms with Gasteiger partial charge in [-0.3, -0.25) is 14.6 Å². The first kappa shape index (κ1) is 29.1. The van der Waals surface area contributed by atoms with E-state index in [-0.39, 0.29) is 11.8 Å². The van der Waals surface area contributed by atoms with Crippen molar-refractivity contribution in [1.82, 2.24) is 20.2 Å². The number of carbonyl (C=O) groups excluding carboxylic acids is 2. The maximum absolute atomic E-state index is 12.4. The smallest absolute Gasteiger partial charge is 0.229 e. The lowest BCUT2D eigenvalue weighted by Gasteiger charge is -2.24. The molecule has 0 fully saturated rings. The SMILES string of the molecule is CC(=O)Nc1cnc(C)cn1.CO/C=C/C(C)(CC/C=C(\C)N)C(=O)NCCCN(C)C. The van der Waals surface area contributed by atoms with Crippen LogP contribution in [0.5, 0.6) is 0 Å². The second-order valence-electron chi connectivity index (χ2n) is 8.08. The van der Waals surface area contributed by atoms with Gasteiger partial charge in [-0.1, -0.05) is 6.08 Å². The van der Waals surface area contributed by atoms with Crippen molar-refractivity contribution in [2.45, 2.75) is 47.0 Å². The number of hydrogen-bond donors (Lipinski definition) is 3. The van der Waals surface area contributed by atoms with Gasteiger partial charge in [0.15, 0.2) is 5.82 Å². The van der Waals surface area contributed by atoms with Gasteiger partial charge in [-0.15, -0.1) is 0 Å². The Kier molecular flexibility index (Phi) is 14.3. The molecule has 0 radical (unpaired) electrons. The Hall–Kier alpha value is -2.94. The highest BCUT2D eigenvalue weighted by Crippen LogP contribution is 2.26. The van der Waals surface area contributed by atoms with Crippen molar-refractivity contribution >= 4 is 17.6 Å². The number of nitrogens with two attached hydrogens (primary N) is 1. The van der Waals surface area contributed by atoms with Gasteiger partial charge in [0.1, 0.15) is 0 Å². The van der Waals surface area contributed by atoms with Gasteiger partial charge in [-0.05, 0) is 66.7 Å². The van der Waals surface area contributed by atoms with Crippen molar-refractivity contribution in [1.29, 1.82) is 0 Å². The molecule has 0 saturated heterocycles. The minimum absolute atomic E-state index is 0.0256. The molecule has 2 amide bonds. The predicted octanol–water partition coefficient (Wildman–Crippen LogP) is 2.61. The van der Waals surface area contributed by atoms with Crippen LogP contribution < -0.4 is 16.4 Å². The van der Waals surface area contributed by atoms with Gasteiger partial charge >= 0.3 is 0 Å². The van der Waals surface area contributed by atoms with Crippen LogP contribution in [0.1, 0.15) is 45.7 Å². The molecule has 180 valence electrons. The molecule has 1 heterocycles. The number of anilines is 1. The third kappa shape index (κ3) is 14.1. The predicted molar refractivity (Wildman–Crippen MR) is 129 cm³/mol. The zero-order chi connectivity index (χ0) is 24.6. The fourth-order valence-electron chi connectivity index (χ4n) is 2.53. The van der Waals surface area contributed by atoms with Crippen molar-refractivity contribution < 1.29 is 14.3 Å². The fraction of sp³-hybridized carbons (Fsp3) is 0.565. The molecular weight excluding hydrogens is 408 g/mol. The van der Waals surface area contributed by atoms with Gasteiger partial charge in [0.25, 0.3) is 0 Å². The van der Waals surface area contributed by atoms with Crippen LogP contribution in [-0.4, -0.2) is 61.0 Å². The van der Waals surface area contributed by atoms with Gasteiger partial charge < -0.3 is 26.0 Å². The Morgan fingerprint density at radius 3 is 2.44 bits per heavy atom. The molecule has 1 aromatic rings. The van der Waals surface area contributed by atoms with E-state index in [4.69, 9.17) is 10.5 Å². The number of ether oxygens (including phenoxy) is 1. The summed E-state index contributed by atoms with van der Waals surface area (Å²) in [6.07, 6.45) is 10.8. The fourth-order valence-corrected chi connectivity index (χ4v) is 2.53. The van der Waals surface area contributed by atoms with Crippen LogP contribution in [0.3, 0.4) is 0 Å². The number of nitrogens with zero attached hydrogens (tertiary/aromatic N) is 3. The normalized spacial score (nSPS) is 13.2. The van der Waals surface area contributed by atoms with Crippen molar-refractivity contribution in [2.24, 2.45) is 11.1 Å². The summed E-state index contributed by atoms with van der Waals surface area (Å²) in [5.74, 6) is 0.379. The van der Waals surface area contributed by atoms with E-state index in [0.29, 0.717) is 18.8 Å². The highest BCUT2D eigenvalue weighted by atomic mass is 16.5. The molecule has 0 aliphatic heterocycles. The molecular formula is C23H40N6O3. The van der Waals surface area contributed by atoms with Gasteiger partial charge in [-0.25, -0.2) is 4.98 Å². The Labute approximate surface area is 192 Å². The lowest BCUT2D eigenvalue weighted by molar-refractivity contribution is -0.128. The maximum atomic E-state index is 12.4. The van der Waals surface area contributed by atoms with E-state index in [1.165, 1.54) is 13.1 Å². The first-order valence-corrected chi connectivity index (χ1v) is 10.6. The Bertz CT molecular complexity index is 743. The summed E-state index contributed by atoms with van der Waals surface area (Å²) in [5, 5.41) is 5.52. The molecule has 0 bridgehead atoms. The summed E-state index contributed by atoms with van der Waals surface area (Å²) in [5.41, 5.74) is 6.66. The zero-order valence-corrected chi connectivity index (χ0v) is 20.6. The molecule has 1 aromatic heterocycles. The van der Waals surface area contributed by atoms with E-state index in [1.54, 1.807) is 19.6 Å². The largest absolute Gasteiger partial charge is 0.505 e. The van der Waals surface area contributed by atoms with Crippen LogP contribution in [-0.2, 0) is 14.3 Å².